The summed E-state index contributed by atoms with van der Waals surface area (Å²) in [6.45, 7) is 7.30. The van der Waals surface area contributed by atoms with Crippen LogP contribution in [0.25, 0.3) is 32.9 Å². The fraction of sp³-hybridized carbons (Fsp3) is 0.429. The summed E-state index contributed by atoms with van der Waals surface area (Å²) in [5.74, 6) is -1.19. The number of aromatic hydroxyl groups is 1. The van der Waals surface area contributed by atoms with Crippen LogP contribution in [0.5, 0.6) is 11.8 Å². The Morgan fingerprint density at radius 1 is 1.04 bits per heavy atom. The lowest BCUT2D eigenvalue weighted by Crippen LogP contribution is -2.60. The Balaban J connectivity index is 0.714. The van der Waals surface area contributed by atoms with Gasteiger partial charge in [-0.15, -0.1) is 6.42 Å². The van der Waals surface area contributed by atoms with Gasteiger partial charge in [-0.2, -0.15) is 9.97 Å². The molecule has 0 spiro atoms. The summed E-state index contributed by atoms with van der Waals surface area (Å²) in [6.07, 6.45) is 11.4. The summed E-state index contributed by atoms with van der Waals surface area (Å²) in [6, 6.07) is 9.00. The highest BCUT2D eigenvalue weighted by molar-refractivity contribution is 6.04. The molecule has 408 valence electrons. The first kappa shape index (κ1) is 53.7. The molecule has 5 aromatic rings. The fourth-order valence-corrected chi connectivity index (χ4v) is 11.2. The number of likely N-dealkylation sites (N-methyl/N-ethyl adjacent to an activating group) is 1. The molecule has 10 rings (SSSR count). The van der Waals surface area contributed by atoms with Gasteiger partial charge in [0.15, 0.2) is 11.9 Å². The molecule has 2 bridgehead atoms. The van der Waals surface area contributed by atoms with Gasteiger partial charge in [0.1, 0.15) is 41.7 Å². The number of piperazine rings is 1. The predicted octanol–water partition coefficient (Wildman–Crippen LogP) is 5.82. The third-order valence-corrected chi connectivity index (χ3v) is 15.3. The van der Waals surface area contributed by atoms with E-state index >= 15 is 8.78 Å². The molecule has 4 fully saturated rings. The van der Waals surface area contributed by atoms with Crippen LogP contribution in [0.1, 0.15) is 79.3 Å². The van der Waals surface area contributed by atoms with Crippen LogP contribution in [0.2, 0.25) is 0 Å². The molecule has 0 aliphatic carbocycles. The topological polar surface area (TPSA) is 241 Å². The van der Waals surface area contributed by atoms with Crippen LogP contribution >= 0.6 is 0 Å². The van der Waals surface area contributed by atoms with E-state index in [2.05, 4.69) is 48.2 Å². The maximum Gasteiger partial charge on any atom is 0.409 e. The van der Waals surface area contributed by atoms with Crippen molar-refractivity contribution >= 4 is 62.9 Å². The van der Waals surface area contributed by atoms with E-state index in [1.54, 1.807) is 7.05 Å². The molecule has 3 aromatic carbocycles. The molecule has 0 radical (unpaired) electrons. The fourth-order valence-electron chi connectivity index (χ4n) is 11.2. The number of amides is 5. The first-order chi connectivity index (χ1) is 37.6. The van der Waals surface area contributed by atoms with Gasteiger partial charge < -0.3 is 45.0 Å². The second-order valence-electron chi connectivity index (χ2n) is 20.7. The molecule has 2 aromatic heterocycles. The third-order valence-electron chi connectivity index (χ3n) is 15.3. The van der Waals surface area contributed by atoms with E-state index < -0.39 is 46.1 Å². The van der Waals surface area contributed by atoms with Crippen molar-refractivity contribution in [3.63, 3.8) is 0 Å². The number of carbonyl (C=O) groups is 5. The molecule has 20 nitrogen and oxygen atoms in total. The van der Waals surface area contributed by atoms with E-state index in [0.717, 1.165) is 31.4 Å². The maximum atomic E-state index is 17.1. The van der Waals surface area contributed by atoms with E-state index in [4.69, 9.17) is 25.6 Å². The predicted molar refractivity (Wildman–Crippen MR) is 283 cm³/mol. The zero-order valence-corrected chi connectivity index (χ0v) is 43.2. The van der Waals surface area contributed by atoms with Crippen LogP contribution in [0.4, 0.5) is 25.1 Å². The third kappa shape index (κ3) is 11.2. The van der Waals surface area contributed by atoms with Gasteiger partial charge in [0.25, 0.3) is 5.91 Å². The number of hydrogen-bond donors (Lipinski definition) is 4. The van der Waals surface area contributed by atoms with Crippen LogP contribution in [0, 0.1) is 29.2 Å². The standard InChI is InChI=1S/C56H60F2N10O10/c1-4-40-44(57)13-8-33-24-39(69)25-42(48(33)40)50-49(58)51-43(26-59-50)52(67-28-36-9-10-37(29-67)60-36)64-55(63-51)77-20-6-5-7-38(66-18-16-32(2)27-66)31-78-56(74)65(3)19-22-76-21-17-47(71)61-35-11-12-41-34(23-35)30-68(75,54(41)73)45-14-15-46(70)62-53(45)72/h1,8,11-13,23-26,36-38,45,60,69H,2,5-7,9-10,14-22,27-31H2,3H3,(H,61,71)(H,62,70,72)/t36?,37?,38-,45?,68?/m0/s1. The molecule has 4 saturated heterocycles. The van der Waals surface area contributed by atoms with Gasteiger partial charge in [-0.1, -0.05) is 24.1 Å². The zero-order chi connectivity index (χ0) is 54.8. The first-order valence-electron chi connectivity index (χ1n) is 26.3. The van der Waals surface area contributed by atoms with Crippen molar-refractivity contribution in [2.24, 2.45) is 0 Å². The zero-order valence-electron chi connectivity index (χ0n) is 43.2. The molecule has 5 amide bonds. The van der Waals surface area contributed by atoms with Crippen molar-refractivity contribution in [1.29, 1.82) is 0 Å². The molecular weight excluding hydrogens is 1010 g/mol. The molecule has 5 aliphatic rings. The SMILES string of the molecule is C#Cc1c(F)ccc2cc(O)cc(-c3ncc4c(N5CC6CCC(C5)N6)nc(OCCCC[C@@H](COC(=O)N(C)CCOCCC(=O)Nc5ccc6c(c5)C[N+]([O-])(C5CCC(=O)NC5=O)C6=O)N5CCC(=C)C5)nc4c3F)c12. The van der Waals surface area contributed by atoms with E-state index in [9.17, 15) is 34.3 Å². The van der Waals surface area contributed by atoms with E-state index in [0.29, 0.717) is 66.7 Å². The Hall–Kier alpha value is -7.68. The van der Waals surface area contributed by atoms with Crippen LogP contribution in [-0.4, -0.2) is 155 Å². The molecule has 0 saturated carbocycles. The van der Waals surface area contributed by atoms with Gasteiger partial charge in [0.05, 0.1) is 42.8 Å². The number of fused-ring (bicyclic) bond motifs is 5. The van der Waals surface area contributed by atoms with Crippen molar-refractivity contribution in [3.8, 4) is 35.4 Å². The van der Waals surface area contributed by atoms with E-state index in [1.807, 2.05) is 0 Å². The summed E-state index contributed by atoms with van der Waals surface area (Å²) in [4.78, 5) is 82.8. The molecule has 5 aliphatic heterocycles. The average molecular weight is 1070 g/mol. The quantitative estimate of drug-likeness (QED) is 0.0190. The van der Waals surface area contributed by atoms with Crippen molar-refractivity contribution in [2.45, 2.75) is 88.5 Å². The van der Waals surface area contributed by atoms with Crippen LogP contribution in [0.3, 0.4) is 0 Å². The number of phenols is 1. The number of unbranched alkanes of at least 4 members (excludes halogenated alkanes) is 1. The van der Waals surface area contributed by atoms with Gasteiger partial charge in [0, 0.05) is 99.1 Å². The van der Waals surface area contributed by atoms with E-state index in [-0.39, 0.29) is 128 Å². The highest BCUT2D eigenvalue weighted by Crippen LogP contribution is 2.40. The highest BCUT2D eigenvalue weighted by atomic mass is 19.1. The molecular formula is C56H60F2N10O10. The van der Waals surface area contributed by atoms with Crippen molar-refractivity contribution in [1.82, 2.24) is 35.4 Å². The number of carbonyl (C=O) groups excluding carboxylic acids is 5. The van der Waals surface area contributed by atoms with Gasteiger partial charge in [-0.25, -0.2) is 18.4 Å². The number of terminal acetylenes is 1. The number of piperidine rings is 1. The molecule has 5 atom stereocenters. The van der Waals surface area contributed by atoms with Gasteiger partial charge in [-0.3, -0.25) is 34.2 Å². The molecule has 4 unspecified atom stereocenters. The van der Waals surface area contributed by atoms with Gasteiger partial charge in [0.2, 0.25) is 11.8 Å². The summed E-state index contributed by atoms with van der Waals surface area (Å²) in [7, 11) is 1.59. The minimum absolute atomic E-state index is 0.0150. The maximum absolute atomic E-state index is 17.1. The number of anilines is 2. The second kappa shape index (κ2) is 22.7. The number of rotatable bonds is 19. The van der Waals surface area contributed by atoms with E-state index in [1.165, 1.54) is 53.6 Å². The number of nitrogens with zero attached hydrogens (tertiary/aromatic N) is 7. The Kier molecular flexibility index (Phi) is 15.6. The Morgan fingerprint density at radius 3 is 2.60 bits per heavy atom. The van der Waals surface area contributed by atoms with Crippen LogP contribution < -0.4 is 25.6 Å². The Labute approximate surface area is 448 Å². The van der Waals surface area contributed by atoms with Gasteiger partial charge >= 0.3 is 18.0 Å². The minimum Gasteiger partial charge on any atom is -0.624 e. The number of nitrogens with one attached hydrogen (secondary N) is 3. The lowest BCUT2D eigenvalue weighted by molar-refractivity contribution is -0.825. The van der Waals surface area contributed by atoms with Crippen LogP contribution in [0.15, 0.2) is 60.8 Å². The molecule has 78 heavy (non-hydrogen) atoms. The number of hydrogen-bond acceptors (Lipinski definition) is 16. The largest absolute Gasteiger partial charge is 0.624 e. The molecule has 22 heteroatoms. The summed E-state index contributed by atoms with van der Waals surface area (Å²) in [5.41, 5.74) is 1.83. The van der Waals surface area contributed by atoms with Gasteiger partial charge in [-0.05, 0) is 80.3 Å². The van der Waals surface area contributed by atoms with Crippen molar-refractivity contribution < 1.29 is 56.7 Å². The number of pyridine rings is 1. The molecule has 4 N–H and O–H groups in total. The number of quaternary nitrogens is 1. The number of hydroxylamine groups is 3. The number of ether oxygens (including phenoxy) is 3. The number of likely N-dealkylation sites (tertiary alicyclic amines) is 1. The second-order valence-corrected chi connectivity index (χ2v) is 20.7. The summed E-state index contributed by atoms with van der Waals surface area (Å²) in [5, 5.41) is 33.8. The number of phenolic OH excluding ortho intramolecular Hbond substituents is 1. The minimum atomic E-state index is -1.42. The Bertz CT molecular complexity index is 3270. The monoisotopic (exact) mass is 1070 g/mol. The number of halogens is 2. The lowest BCUT2D eigenvalue weighted by atomic mass is 9.96. The van der Waals surface area contributed by atoms with Crippen molar-refractivity contribution in [2.75, 3.05) is 76.4 Å². The smallest absolute Gasteiger partial charge is 0.409 e. The number of aromatic nitrogens is 3. The summed E-state index contributed by atoms with van der Waals surface area (Å²) >= 11 is 0. The van der Waals surface area contributed by atoms with Crippen molar-refractivity contribution in [3.05, 3.63) is 94.3 Å². The normalized spacial score (nSPS) is 21.4. The number of imide groups is 1. The highest BCUT2D eigenvalue weighted by Gasteiger charge is 2.49. The number of benzene rings is 3. The average Bonchev–Trinajstić information content (AvgIpc) is 4.10. The first-order valence-corrected chi connectivity index (χ1v) is 26.3. The summed E-state index contributed by atoms with van der Waals surface area (Å²) < 4.78 is 48.3. The molecule has 7 heterocycles. The lowest BCUT2D eigenvalue weighted by Gasteiger charge is -2.42. The Morgan fingerprint density at radius 2 is 1.85 bits per heavy atom. The van der Waals surface area contributed by atoms with Crippen LogP contribution in [-0.2, 0) is 30.4 Å².